The first-order valence-corrected chi connectivity index (χ1v) is 7.90. The van der Waals surface area contributed by atoms with Crippen LogP contribution in [0.4, 0.5) is 0 Å². The van der Waals surface area contributed by atoms with Crippen LogP contribution in [0.15, 0.2) is 0 Å². The molecule has 0 radical (unpaired) electrons. The van der Waals surface area contributed by atoms with E-state index in [0.29, 0.717) is 12.5 Å². The van der Waals surface area contributed by atoms with E-state index < -0.39 is 14.6 Å². The van der Waals surface area contributed by atoms with Crippen LogP contribution in [0.1, 0.15) is 33.6 Å². The molecular formula is C12H25NO3S. The molecule has 0 bridgehead atoms. The monoisotopic (exact) mass is 263 g/mol. The molecule has 0 aromatic carbocycles. The van der Waals surface area contributed by atoms with Gasteiger partial charge in [-0.25, -0.2) is 8.42 Å². The van der Waals surface area contributed by atoms with Crippen LogP contribution in [-0.4, -0.2) is 45.2 Å². The Kier molecular flexibility index (Phi) is 4.98. The molecule has 0 aromatic rings. The molecule has 1 rings (SSSR count). The molecule has 102 valence electrons. The van der Waals surface area contributed by atoms with Gasteiger partial charge in [0.2, 0.25) is 0 Å². The molecule has 5 heteroatoms. The van der Waals surface area contributed by atoms with Crippen LogP contribution in [-0.2, 0) is 14.6 Å². The van der Waals surface area contributed by atoms with Crippen LogP contribution in [0.3, 0.4) is 0 Å². The molecule has 0 unspecified atom stereocenters. The van der Waals surface area contributed by atoms with E-state index in [1.807, 2.05) is 7.05 Å². The van der Waals surface area contributed by atoms with Crippen LogP contribution in [0.5, 0.6) is 0 Å². The van der Waals surface area contributed by atoms with Crippen molar-refractivity contribution in [3.63, 3.8) is 0 Å². The number of hydrogen-bond donors (Lipinski definition) is 1. The molecule has 0 spiro atoms. The van der Waals surface area contributed by atoms with Crippen molar-refractivity contribution < 1.29 is 13.2 Å². The van der Waals surface area contributed by atoms with Gasteiger partial charge in [-0.3, -0.25) is 0 Å². The van der Waals surface area contributed by atoms with E-state index in [-0.39, 0.29) is 11.9 Å². The highest BCUT2D eigenvalue weighted by Gasteiger charge is 2.31. The Balaban J connectivity index is 2.18. The van der Waals surface area contributed by atoms with Crippen molar-refractivity contribution in [2.24, 2.45) is 5.92 Å². The molecule has 1 N–H and O–H groups in total. The Labute approximate surface area is 105 Å². The second-order valence-electron chi connectivity index (χ2n) is 5.82. The molecule has 0 aromatic heterocycles. The summed E-state index contributed by atoms with van der Waals surface area (Å²) in [5.74, 6) is 0.827. The largest absolute Gasteiger partial charge is 0.377 e. The summed E-state index contributed by atoms with van der Waals surface area (Å²) in [5.41, 5.74) is 0. The quantitative estimate of drug-likeness (QED) is 0.783. The first kappa shape index (κ1) is 14.9. The van der Waals surface area contributed by atoms with Gasteiger partial charge in [-0.05, 0) is 53.1 Å². The van der Waals surface area contributed by atoms with Gasteiger partial charge in [0.1, 0.15) is 0 Å². The van der Waals surface area contributed by atoms with E-state index >= 15 is 0 Å². The Morgan fingerprint density at radius 1 is 1.29 bits per heavy atom. The fraction of sp³-hybridized carbons (Fsp3) is 1.00. The van der Waals surface area contributed by atoms with Crippen molar-refractivity contribution in [2.45, 2.75) is 44.5 Å². The normalized spacial score (nSPS) is 25.6. The zero-order chi connectivity index (χ0) is 13.1. The van der Waals surface area contributed by atoms with Gasteiger partial charge in [0.25, 0.3) is 0 Å². The van der Waals surface area contributed by atoms with E-state index in [1.165, 1.54) is 0 Å². The van der Waals surface area contributed by atoms with Gasteiger partial charge in [0.15, 0.2) is 9.84 Å². The Hall–Kier alpha value is -0.130. The van der Waals surface area contributed by atoms with Crippen molar-refractivity contribution in [1.82, 2.24) is 5.32 Å². The SMILES string of the molecule is CNCC1CC(OCCS(=O)(=O)C(C)(C)C)C1. The minimum Gasteiger partial charge on any atom is -0.377 e. The highest BCUT2D eigenvalue weighted by molar-refractivity contribution is 7.92. The Morgan fingerprint density at radius 2 is 1.88 bits per heavy atom. The molecular weight excluding hydrogens is 238 g/mol. The molecule has 1 aliphatic carbocycles. The first-order valence-electron chi connectivity index (χ1n) is 6.25. The zero-order valence-corrected chi connectivity index (χ0v) is 12.1. The number of rotatable bonds is 6. The molecule has 0 aliphatic heterocycles. The molecule has 0 atom stereocenters. The van der Waals surface area contributed by atoms with Crippen LogP contribution in [0, 0.1) is 5.92 Å². The lowest BCUT2D eigenvalue weighted by molar-refractivity contribution is -0.0225. The molecule has 1 saturated carbocycles. The summed E-state index contributed by atoms with van der Waals surface area (Å²) in [5, 5.41) is 3.14. The summed E-state index contributed by atoms with van der Waals surface area (Å²) in [6.45, 7) is 6.55. The van der Waals surface area contributed by atoms with Crippen LogP contribution in [0.2, 0.25) is 0 Å². The molecule has 0 amide bonds. The van der Waals surface area contributed by atoms with Crippen molar-refractivity contribution in [1.29, 1.82) is 0 Å². The molecule has 1 aliphatic rings. The topological polar surface area (TPSA) is 55.4 Å². The summed E-state index contributed by atoms with van der Waals surface area (Å²) >= 11 is 0. The van der Waals surface area contributed by atoms with Crippen molar-refractivity contribution in [2.75, 3.05) is 26.0 Å². The van der Waals surface area contributed by atoms with Gasteiger partial charge in [-0.15, -0.1) is 0 Å². The van der Waals surface area contributed by atoms with Gasteiger partial charge in [-0.1, -0.05) is 0 Å². The number of ether oxygens (including phenoxy) is 1. The van der Waals surface area contributed by atoms with Crippen molar-refractivity contribution in [3.05, 3.63) is 0 Å². The van der Waals surface area contributed by atoms with Gasteiger partial charge in [0, 0.05) is 0 Å². The average Bonchev–Trinajstić information content (AvgIpc) is 2.11. The van der Waals surface area contributed by atoms with E-state index in [9.17, 15) is 8.42 Å². The smallest absolute Gasteiger partial charge is 0.157 e. The molecule has 0 saturated heterocycles. The van der Waals surface area contributed by atoms with Gasteiger partial charge in [-0.2, -0.15) is 0 Å². The van der Waals surface area contributed by atoms with E-state index in [2.05, 4.69) is 5.32 Å². The van der Waals surface area contributed by atoms with Gasteiger partial charge in [0.05, 0.1) is 23.2 Å². The minimum absolute atomic E-state index is 0.129. The number of nitrogens with one attached hydrogen (secondary N) is 1. The highest BCUT2D eigenvalue weighted by atomic mass is 32.2. The third kappa shape index (κ3) is 4.23. The lowest BCUT2D eigenvalue weighted by Gasteiger charge is -2.35. The standard InChI is InChI=1S/C12H25NO3S/c1-12(2,3)17(14,15)6-5-16-11-7-10(8-11)9-13-4/h10-11,13H,5-9H2,1-4H3. The van der Waals surface area contributed by atoms with Gasteiger partial charge < -0.3 is 10.1 Å². The number of sulfone groups is 1. The van der Waals surface area contributed by atoms with Crippen LogP contribution >= 0.6 is 0 Å². The molecule has 17 heavy (non-hydrogen) atoms. The van der Waals surface area contributed by atoms with Crippen LogP contribution < -0.4 is 5.32 Å². The Morgan fingerprint density at radius 3 is 2.35 bits per heavy atom. The maximum absolute atomic E-state index is 11.8. The zero-order valence-electron chi connectivity index (χ0n) is 11.3. The summed E-state index contributed by atoms with van der Waals surface area (Å²) in [6, 6.07) is 0. The van der Waals surface area contributed by atoms with E-state index in [4.69, 9.17) is 4.74 Å². The summed E-state index contributed by atoms with van der Waals surface area (Å²) < 4.78 is 28.5. The van der Waals surface area contributed by atoms with Gasteiger partial charge >= 0.3 is 0 Å². The predicted octanol–water partition coefficient (Wildman–Crippen LogP) is 1.21. The van der Waals surface area contributed by atoms with Crippen LogP contribution in [0.25, 0.3) is 0 Å². The average molecular weight is 263 g/mol. The van der Waals surface area contributed by atoms with E-state index in [1.54, 1.807) is 20.8 Å². The second kappa shape index (κ2) is 5.67. The maximum Gasteiger partial charge on any atom is 0.157 e. The predicted molar refractivity (Wildman–Crippen MR) is 69.9 cm³/mol. The summed E-state index contributed by atoms with van der Waals surface area (Å²) in [7, 11) is -1.09. The molecule has 4 nitrogen and oxygen atoms in total. The first-order chi connectivity index (χ1) is 7.76. The number of hydrogen-bond acceptors (Lipinski definition) is 4. The third-order valence-electron chi connectivity index (χ3n) is 3.32. The lowest BCUT2D eigenvalue weighted by Crippen LogP contribution is -2.38. The minimum atomic E-state index is -3.04. The van der Waals surface area contributed by atoms with E-state index in [0.717, 1.165) is 19.4 Å². The maximum atomic E-state index is 11.8. The molecule has 1 fully saturated rings. The second-order valence-corrected chi connectivity index (χ2v) is 8.68. The third-order valence-corrected chi connectivity index (χ3v) is 5.89. The van der Waals surface area contributed by atoms with Crippen molar-refractivity contribution >= 4 is 9.84 Å². The fourth-order valence-corrected chi connectivity index (χ4v) is 2.82. The highest BCUT2D eigenvalue weighted by Crippen LogP contribution is 2.29. The molecule has 0 heterocycles. The van der Waals surface area contributed by atoms with Crippen molar-refractivity contribution in [3.8, 4) is 0 Å². The summed E-state index contributed by atoms with van der Waals surface area (Å²) in [4.78, 5) is 0. The summed E-state index contributed by atoms with van der Waals surface area (Å²) in [6.07, 6.45) is 2.37. The Bertz CT molecular complexity index is 326. The fourth-order valence-electron chi connectivity index (χ4n) is 1.90. The lowest BCUT2D eigenvalue weighted by atomic mass is 9.82.